The molecule has 0 heterocycles. The van der Waals surface area contributed by atoms with Crippen LogP contribution in [0.5, 0.6) is 0 Å². The average molecular weight is 283 g/mol. The maximum absolute atomic E-state index is 12.2. The van der Waals surface area contributed by atoms with E-state index in [1.807, 2.05) is 4.90 Å². The predicted molar refractivity (Wildman–Crippen MR) is 76.5 cm³/mol. The second-order valence-corrected chi connectivity index (χ2v) is 5.23. The molecule has 19 heavy (non-hydrogen) atoms. The van der Waals surface area contributed by atoms with E-state index in [-0.39, 0.29) is 12.6 Å². The van der Waals surface area contributed by atoms with Crippen molar-refractivity contribution < 1.29 is 9.90 Å². The number of halogens is 1. The molecule has 1 saturated carbocycles. The van der Waals surface area contributed by atoms with Crippen molar-refractivity contribution in [2.45, 2.75) is 31.7 Å². The van der Waals surface area contributed by atoms with Crippen molar-refractivity contribution in [1.82, 2.24) is 4.90 Å². The molecule has 0 atom stereocenters. The van der Waals surface area contributed by atoms with Gasteiger partial charge < -0.3 is 15.3 Å². The summed E-state index contributed by atoms with van der Waals surface area (Å²) in [4.78, 5) is 14.1. The highest BCUT2D eigenvalue weighted by molar-refractivity contribution is 6.30. The fourth-order valence-electron chi connectivity index (χ4n) is 1.96. The average Bonchev–Trinajstić information content (AvgIpc) is 3.22. The number of aliphatic hydroxyl groups excluding tert-OH is 1. The lowest BCUT2D eigenvalue weighted by atomic mass is 10.3. The number of carbonyl (C=O) groups excluding carboxylic acids is 1. The SMILES string of the molecule is O=C(Nc1ccc(Cl)cc1)N(CCCCO)C1CC1. The second kappa shape index (κ2) is 6.78. The Morgan fingerprint density at radius 2 is 2.00 bits per heavy atom. The highest BCUT2D eigenvalue weighted by Crippen LogP contribution is 2.28. The van der Waals surface area contributed by atoms with Crippen LogP contribution in [0, 0.1) is 0 Å². The molecule has 1 aliphatic carbocycles. The zero-order valence-electron chi connectivity index (χ0n) is 10.8. The molecule has 0 saturated heterocycles. The third-order valence-corrected chi connectivity index (χ3v) is 3.40. The van der Waals surface area contributed by atoms with Gasteiger partial charge in [0.1, 0.15) is 0 Å². The van der Waals surface area contributed by atoms with Gasteiger partial charge >= 0.3 is 6.03 Å². The molecule has 0 spiro atoms. The van der Waals surface area contributed by atoms with Crippen LogP contribution in [0.15, 0.2) is 24.3 Å². The molecule has 0 bridgehead atoms. The van der Waals surface area contributed by atoms with Gasteiger partial charge in [-0.05, 0) is 49.9 Å². The van der Waals surface area contributed by atoms with E-state index in [0.717, 1.165) is 31.4 Å². The van der Waals surface area contributed by atoms with Crippen molar-refractivity contribution in [3.63, 3.8) is 0 Å². The number of nitrogens with one attached hydrogen (secondary N) is 1. The number of hydrogen-bond acceptors (Lipinski definition) is 2. The maximum Gasteiger partial charge on any atom is 0.322 e. The molecule has 0 unspecified atom stereocenters. The normalized spacial score (nSPS) is 14.2. The standard InChI is InChI=1S/C14H19ClN2O2/c15-11-3-5-12(6-4-11)16-14(19)17(13-7-8-13)9-1-2-10-18/h3-6,13,18H,1-2,7-10H2,(H,16,19). The number of anilines is 1. The first-order chi connectivity index (χ1) is 9.20. The topological polar surface area (TPSA) is 52.6 Å². The molecule has 2 N–H and O–H groups in total. The Labute approximate surface area is 118 Å². The van der Waals surface area contributed by atoms with Gasteiger partial charge in [-0.25, -0.2) is 4.79 Å². The molecular weight excluding hydrogens is 264 g/mol. The number of urea groups is 1. The van der Waals surface area contributed by atoms with Crippen LogP contribution in [-0.4, -0.2) is 35.2 Å². The minimum absolute atomic E-state index is 0.0669. The van der Waals surface area contributed by atoms with Crippen LogP contribution < -0.4 is 5.32 Å². The summed E-state index contributed by atoms with van der Waals surface area (Å²) < 4.78 is 0. The van der Waals surface area contributed by atoms with Crippen molar-refractivity contribution in [3.8, 4) is 0 Å². The van der Waals surface area contributed by atoms with Gasteiger partial charge in [0.05, 0.1) is 0 Å². The van der Waals surface area contributed by atoms with Crippen LogP contribution in [0.4, 0.5) is 10.5 Å². The first kappa shape index (κ1) is 14.2. The van der Waals surface area contributed by atoms with Crippen molar-refractivity contribution in [1.29, 1.82) is 0 Å². The molecule has 1 aromatic carbocycles. The van der Waals surface area contributed by atoms with Crippen molar-refractivity contribution in [3.05, 3.63) is 29.3 Å². The van der Waals surface area contributed by atoms with E-state index in [9.17, 15) is 4.79 Å². The third-order valence-electron chi connectivity index (χ3n) is 3.15. The van der Waals surface area contributed by atoms with E-state index < -0.39 is 0 Å². The summed E-state index contributed by atoms with van der Waals surface area (Å²) in [5, 5.41) is 12.3. The highest BCUT2D eigenvalue weighted by atomic mass is 35.5. The lowest BCUT2D eigenvalue weighted by Gasteiger charge is -2.22. The van der Waals surface area contributed by atoms with Crippen LogP contribution in [0.25, 0.3) is 0 Å². The highest BCUT2D eigenvalue weighted by Gasteiger charge is 2.32. The van der Waals surface area contributed by atoms with Gasteiger partial charge in [-0.15, -0.1) is 0 Å². The fourth-order valence-corrected chi connectivity index (χ4v) is 2.08. The van der Waals surface area contributed by atoms with E-state index in [2.05, 4.69) is 5.32 Å². The van der Waals surface area contributed by atoms with Crippen molar-refractivity contribution in [2.75, 3.05) is 18.5 Å². The minimum Gasteiger partial charge on any atom is -0.396 e. The van der Waals surface area contributed by atoms with Gasteiger partial charge in [0.2, 0.25) is 0 Å². The van der Waals surface area contributed by atoms with Gasteiger partial charge in [0, 0.05) is 29.9 Å². The summed E-state index contributed by atoms with van der Waals surface area (Å²) in [6.07, 6.45) is 3.72. The van der Waals surface area contributed by atoms with E-state index in [1.54, 1.807) is 24.3 Å². The minimum atomic E-state index is -0.0669. The number of hydrogen-bond donors (Lipinski definition) is 2. The molecule has 0 aromatic heterocycles. The Hall–Kier alpha value is -1.26. The molecule has 5 heteroatoms. The number of unbranched alkanes of at least 4 members (excludes halogenated alkanes) is 1. The van der Waals surface area contributed by atoms with Gasteiger partial charge in [-0.1, -0.05) is 11.6 Å². The number of amides is 2. The van der Waals surface area contributed by atoms with Crippen molar-refractivity contribution >= 4 is 23.3 Å². The first-order valence-corrected chi connectivity index (χ1v) is 7.02. The summed E-state index contributed by atoms with van der Waals surface area (Å²) in [7, 11) is 0. The molecule has 2 rings (SSSR count). The number of carbonyl (C=O) groups is 1. The van der Waals surface area contributed by atoms with Crippen molar-refractivity contribution in [2.24, 2.45) is 0 Å². The summed E-state index contributed by atoms with van der Waals surface area (Å²) in [5.74, 6) is 0. The molecule has 2 amide bonds. The summed E-state index contributed by atoms with van der Waals surface area (Å²) in [6.45, 7) is 0.877. The zero-order chi connectivity index (χ0) is 13.7. The first-order valence-electron chi connectivity index (χ1n) is 6.65. The summed E-state index contributed by atoms with van der Waals surface area (Å²) >= 11 is 5.81. The molecule has 4 nitrogen and oxygen atoms in total. The second-order valence-electron chi connectivity index (χ2n) is 4.79. The Morgan fingerprint density at radius 1 is 1.32 bits per heavy atom. The number of aliphatic hydroxyl groups is 1. The maximum atomic E-state index is 12.2. The Balaban J connectivity index is 1.89. The van der Waals surface area contributed by atoms with E-state index in [1.165, 1.54) is 0 Å². The molecular formula is C14H19ClN2O2. The molecule has 1 fully saturated rings. The van der Waals surface area contributed by atoms with E-state index in [4.69, 9.17) is 16.7 Å². The summed E-state index contributed by atoms with van der Waals surface area (Å²) in [5.41, 5.74) is 0.752. The zero-order valence-corrected chi connectivity index (χ0v) is 11.6. The fraction of sp³-hybridized carbons (Fsp3) is 0.500. The van der Waals surface area contributed by atoms with Crippen LogP contribution in [-0.2, 0) is 0 Å². The van der Waals surface area contributed by atoms with E-state index in [0.29, 0.717) is 17.6 Å². The summed E-state index contributed by atoms with van der Waals surface area (Å²) in [6, 6.07) is 7.39. The lowest BCUT2D eigenvalue weighted by Crippen LogP contribution is -2.37. The Kier molecular flexibility index (Phi) is 5.05. The van der Waals surface area contributed by atoms with Gasteiger partial charge in [0.15, 0.2) is 0 Å². The van der Waals surface area contributed by atoms with Gasteiger partial charge in [-0.3, -0.25) is 0 Å². The Bertz CT molecular complexity index is 418. The van der Waals surface area contributed by atoms with Crippen LogP contribution in [0.2, 0.25) is 5.02 Å². The number of nitrogens with zero attached hydrogens (tertiary/aromatic N) is 1. The molecule has 104 valence electrons. The molecule has 0 aliphatic heterocycles. The van der Waals surface area contributed by atoms with E-state index >= 15 is 0 Å². The predicted octanol–water partition coefficient (Wildman–Crippen LogP) is 3.11. The van der Waals surface area contributed by atoms with Gasteiger partial charge in [0.25, 0.3) is 0 Å². The quantitative estimate of drug-likeness (QED) is 0.788. The number of rotatable bonds is 6. The smallest absolute Gasteiger partial charge is 0.322 e. The van der Waals surface area contributed by atoms with Crippen LogP contribution in [0.3, 0.4) is 0 Å². The monoisotopic (exact) mass is 282 g/mol. The molecule has 1 aromatic rings. The van der Waals surface area contributed by atoms with Gasteiger partial charge in [-0.2, -0.15) is 0 Å². The third kappa shape index (κ3) is 4.40. The lowest BCUT2D eigenvalue weighted by molar-refractivity contribution is 0.204. The Morgan fingerprint density at radius 3 is 2.58 bits per heavy atom. The largest absolute Gasteiger partial charge is 0.396 e. The molecule has 0 radical (unpaired) electrons. The van der Waals surface area contributed by atoms with Crippen LogP contribution >= 0.6 is 11.6 Å². The van der Waals surface area contributed by atoms with Crippen LogP contribution in [0.1, 0.15) is 25.7 Å². The number of benzene rings is 1. The molecule has 1 aliphatic rings.